The third-order valence-electron chi connectivity index (χ3n) is 7.18. The van der Waals surface area contributed by atoms with Crippen LogP contribution in [0.4, 0.5) is 5.69 Å². The first-order valence-electron chi connectivity index (χ1n) is 12.0. The highest BCUT2D eigenvalue weighted by Gasteiger charge is 2.37. The highest BCUT2D eigenvalue weighted by Crippen LogP contribution is 2.29. The Labute approximate surface area is 205 Å². The van der Waals surface area contributed by atoms with E-state index in [4.69, 9.17) is 4.42 Å². The molecule has 5 rings (SSSR count). The van der Waals surface area contributed by atoms with Crippen LogP contribution in [0.3, 0.4) is 0 Å². The smallest absolute Gasteiger partial charge is 0.276 e. The molecule has 1 aromatic carbocycles. The minimum absolute atomic E-state index is 0.0445. The average molecular weight is 498 g/mol. The van der Waals surface area contributed by atoms with Crippen LogP contribution in [0.25, 0.3) is 11.5 Å². The number of nitrogens with one attached hydrogen (secondary N) is 1. The van der Waals surface area contributed by atoms with Gasteiger partial charge in [0.05, 0.1) is 5.92 Å². The number of aromatic nitrogens is 2. The van der Waals surface area contributed by atoms with Crippen molar-refractivity contribution in [3.63, 3.8) is 0 Å². The quantitative estimate of drug-likeness (QED) is 0.581. The summed E-state index contributed by atoms with van der Waals surface area (Å²) in [5, 5.41) is 6.53. The number of aromatic amines is 1. The van der Waals surface area contributed by atoms with Crippen molar-refractivity contribution in [2.24, 2.45) is 5.92 Å². The number of aryl methyl sites for hydroxylation is 1. The molecule has 186 valence electrons. The highest BCUT2D eigenvalue weighted by atomic mass is 32.2. The van der Waals surface area contributed by atoms with Gasteiger partial charge in [-0.3, -0.25) is 9.89 Å². The number of rotatable bonds is 5. The van der Waals surface area contributed by atoms with Gasteiger partial charge < -0.3 is 14.2 Å². The van der Waals surface area contributed by atoms with Crippen LogP contribution in [0.1, 0.15) is 24.0 Å². The summed E-state index contributed by atoms with van der Waals surface area (Å²) in [6, 6.07) is 11.1. The maximum absolute atomic E-state index is 13.3. The zero-order valence-electron chi connectivity index (χ0n) is 20.1. The van der Waals surface area contributed by atoms with Crippen LogP contribution in [0.2, 0.25) is 0 Å². The molecule has 0 unspecified atom stereocenters. The third-order valence-corrected chi connectivity index (χ3v) is 8.92. The molecule has 0 spiro atoms. The van der Waals surface area contributed by atoms with Gasteiger partial charge in [0.15, 0.2) is 5.76 Å². The number of nitrogens with zero attached hydrogens (tertiary/aromatic N) is 4. The van der Waals surface area contributed by atoms with Gasteiger partial charge in [0.1, 0.15) is 5.69 Å². The van der Waals surface area contributed by atoms with Crippen molar-refractivity contribution >= 4 is 21.6 Å². The number of piperidine rings is 1. The van der Waals surface area contributed by atoms with E-state index >= 15 is 0 Å². The lowest BCUT2D eigenvalue weighted by Gasteiger charge is -2.39. The Morgan fingerprint density at radius 3 is 2.60 bits per heavy atom. The summed E-state index contributed by atoms with van der Waals surface area (Å²) in [6.45, 7) is 7.63. The molecule has 2 aliphatic heterocycles. The number of hydrogen-bond acceptors (Lipinski definition) is 6. The molecule has 1 atom stereocenters. The summed E-state index contributed by atoms with van der Waals surface area (Å²) in [6.07, 6.45) is 2.92. The molecule has 2 fully saturated rings. The Kier molecular flexibility index (Phi) is 6.41. The van der Waals surface area contributed by atoms with Crippen molar-refractivity contribution in [2.45, 2.75) is 31.8 Å². The van der Waals surface area contributed by atoms with Crippen LogP contribution in [0.15, 0.2) is 52.1 Å². The average Bonchev–Trinajstić information content (AvgIpc) is 3.58. The zero-order valence-corrected chi connectivity index (χ0v) is 20.9. The van der Waals surface area contributed by atoms with Crippen LogP contribution in [0.5, 0.6) is 0 Å². The fourth-order valence-corrected chi connectivity index (χ4v) is 6.43. The Hall–Kier alpha value is -3.11. The highest BCUT2D eigenvalue weighted by molar-refractivity contribution is 7.89. The van der Waals surface area contributed by atoms with Gasteiger partial charge in [-0.05, 0) is 62.1 Å². The van der Waals surface area contributed by atoms with Crippen molar-refractivity contribution in [3.8, 4) is 11.5 Å². The van der Waals surface area contributed by atoms with Gasteiger partial charge in [-0.15, -0.1) is 0 Å². The summed E-state index contributed by atoms with van der Waals surface area (Å²) >= 11 is 0. The van der Waals surface area contributed by atoms with Gasteiger partial charge >= 0.3 is 0 Å². The molecule has 2 saturated heterocycles. The molecular weight excluding hydrogens is 466 g/mol. The normalized spacial score (nSPS) is 19.8. The van der Waals surface area contributed by atoms with E-state index < -0.39 is 10.0 Å². The molecule has 0 saturated carbocycles. The molecule has 0 radical (unpaired) electrons. The Balaban J connectivity index is 1.23. The lowest BCUT2D eigenvalue weighted by Crippen LogP contribution is -2.53. The Bertz CT molecular complexity index is 1290. The number of anilines is 1. The number of furan rings is 1. The Morgan fingerprint density at radius 2 is 1.86 bits per heavy atom. The standard InChI is InChI=1S/C25H31N5O4S/c1-18-5-3-7-22(19(18)2)28-13-15-29(16-14-28)25(31)20-6-4-12-30(17-20)35(32,33)24-9-8-23(34-24)21-10-11-26-27-21/h3,5,7-11,20H,4,6,12-17H2,1-2H3,(H,26,27)/t20-/m1/s1. The number of hydrogen-bond donors (Lipinski definition) is 1. The van der Waals surface area contributed by atoms with Crippen LogP contribution < -0.4 is 4.90 Å². The Morgan fingerprint density at radius 1 is 1.06 bits per heavy atom. The second-order valence-corrected chi connectivity index (χ2v) is 11.2. The summed E-state index contributed by atoms with van der Waals surface area (Å²) in [7, 11) is -3.83. The largest absolute Gasteiger partial charge is 0.442 e. The van der Waals surface area contributed by atoms with Gasteiger partial charge in [-0.1, -0.05) is 12.1 Å². The minimum atomic E-state index is -3.83. The molecule has 4 heterocycles. The van der Waals surface area contributed by atoms with Crippen molar-refractivity contribution < 1.29 is 17.6 Å². The van der Waals surface area contributed by atoms with E-state index in [1.54, 1.807) is 18.3 Å². The van der Waals surface area contributed by atoms with Gasteiger partial charge in [-0.2, -0.15) is 9.40 Å². The lowest BCUT2D eigenvalue weighted by atomic mass is 9.97. The number of carbonyl (C=O) groups excluding carboxylic acids is 1. The maximum atomic E-state index is 13.3. The number of carbonyl (C=O) groups is 1. The maximum Gasteiger partial charge on any atom is 0.276 e. The number of piperazine rings is 1. The number of H-pyrrole nitrogens is 1. The van der Waals surface area contributed by atoms with Crippen LogP contribution in [0, 0.1) is 19.8 Å². The van der Waals surface area contributed by atoms with Crippen molar-refractivity contribution in [1.29, 1.82) is 0 Å². The summed E-state index contributed by atoms with van der Waals surface area (Å²) < 4.78 is 33.5. The van der Waals surface area contributed by atoms with Crippen LogP contribution in [-0.4, -0.2) is 73.0 Å². The van der Waals surface area contributed by atoms with E-state index in [-0.39, 0.29) is 23.5 Å². The molecule has 1 N–H and O–H groups in total. The number of sulfonamides is 1. The zero-order chi connectivity index (χ0) is 24.6. The molecule has 2 aliphatic rings. The van der Waals surface area contributed by atoms with Crippen molar-refractivity contribution in [1.82, 2.24) is 19.4 Å². The molecule has 2 aromatic heterocycles. The minimum Gasteiger partial charge on any atom is -0.442 e. The predicted octanol–water partition coefficient (Wildman–Crippen LogP) is 3.04. The van der Waals surface area contributed by atoms with Crippen LogP contribution >= 0.6 is 0 Å². The molecule has 1 amide bonds. The van der Waals surface area contributed by atoms with Crippen LogP contribution in [-0.2, 0) is 14.8 Å². The first kappa shape index (κ1) is 23.6. The first-order chi connectivity index (χ1) is 16.8. The van der Waals surface area contributed by atoms with E-state index in [1.165, 1.54) is 27.2 Å². The molecular formula is C25H31N5O4S. The molecule has 0 bridgehead atoms. The van der Waals surface area contributed by atoms with Gasteiger partial charge in [0.2, 0.25) is 11.0 Å². The topological polar surface area (TPSA) is 103 Å². The molecule has 10 heteroatoms. The van der Waals surface area contributed by atoms with Crippen molar-refractivity contribution in [3.05, 3.63) is 53.7 Å². The fourth-order valence-electron chi connectivity index (χ4n) is 4.99. The lowest BCUT2D eigenvalue weighted by molar-refractivity contribution is -0.137. The molecule has 0 aliphatic carbocycles. The number of amides is 1. The van der Waals surface area contributed by atoms with E-state index in [2.05, 4.69) is 47.1 Å². The van der Waals surface area contributed by atoms with E-state index in [1.807, 2.05) is 4.90 Å². The monoisotopic (exact) mass is 497 g/mol. The molecule has 3 aromatic rings. The molecule has 35 heavy (non-hydrogen) atoms. The second-order valence-electron chi connectivity index (χ2n) is 9.32. The predicted molar refractivity (Wildman–Crippen MR) is 132 cm³/mol. The molecule has 9 nitrogen and oxygen atoms in total. The summed E-state index contributed by atoms with van der Waals surface area (Å²) in [5.41, 5.74) is 4.37. The fraction of sp³-hybridized carbons (Fsp3) is 0.440. The summed E-state index contributed by atoms with van der Waals surface area (Å²) in [5.74, 6) is 0.114. The third kappa shape index (κ3) is 4.60. The van der Waals surface area contributed by atoms with Gasteiger partial charge in [-0.25, -0.2) is 8.42 Å². The van der Waals surface area contributed by atoms with Gasteiger partial charge in [0, 0.05) is 51.2 Å². The van der Waals surface area contributed by atoms with Gasteiger partial charge in [0.25, 0.3) is 10.0 Å². The SMILES string of the molecule is Cc1cccc(N2CCN(C(=O)[C@@H]3CCCN(S(=O)(=O)c4ccc(-c5ccn[nH]5)o4)C3)CC2)c1C. The van der Waals surface area contributed by atoms with E-state index in [0.29, 0.717) is 43.9 Å². The van der Waals surface area contributed by atoms with E-state index in [0.717, 1.165) is 13.1 Å². The second kappa shape index (κ2) is 9.50. The number of benzene rings is 1. The van der Waals surface area contributed by atoms with Crippen molar-refractivity contribution in [2.75, 3.05) is 44.2 Å². The first-order valence-corrected chi connectivity index (χ1v) is 13.5. The van der Waals surface area contributed by atoms with E-state index in [9.17, 15) is 13.2 Å². The summed E-state index contributed by atoms with van der Waals surface area (Å²) in [4.78, 5) is 17.6.